The monoisotopic (exact) mass is 325 g/mol. The molecule has 0 heterocycles. The quantitative estimate of drug-likeness (QED) is 0.831. The minimum Gasteiger partial charge on any atom is -0.480 e. The number of hydrogen-bond donors (Lipinski definition) is 1. The number of rotatable bonds is 7. The van der Waals surface area contributed by atoms with E-state index in [0.29, 0.717) is 5.92 Å². The van der Waals surface area contributed by atoms with Gasteiger partial charge in [0.15, 0.2) is 0 Å². The smallest absolute Gasteiger partial charge is 0.317 e. The highest BCUT2D eigenvalue weighted by molar-refractivity contribution is 9.10. The van der Waals surface area contributed by atoms with E-state index in [0.717, 1.165) is 17.4 Å². The van der Waals surface area contributed by atoms with Gasteiger partial charge in [0.2, 0.25) is 0 Å². The molecule has 1 aliphatic rings. The number of aliphatic carboxylic acids is 1. The molecule has 2 rings (SSSR count). The molecule has 1 atom stereocenters. The lowest BCUT2D eigenvalue weighted by Gasteiger charge is -2.30. The van der Waals surface area contributed by atoms with E-state index >= 15 is 0 Å². The van der Waals surface area contributed by atoms with Crippen LogP contribution in [-0.4, -0.2) is 29.1 Å². The van der Waals surface area contributed by atoms with E-state index in [1.54, 1.807) is 0 Å². The summed E-state index contributed by atoms with van der Waals surface area (Å²) in [4.78, 5) is 13.2. The lowest BCUT2D eigenvalue weighted by molar-refractivity contribution is -0.139. The van der Waals surface area contributed by atoms with E-state index in [-0.39, 0.29) is 12.6 Å². The third kappa shape index (κ3) is 4.32. The van der Waals surface area contributed by atoms with Gasteiger partial charge < -0.3 is 5.11 Å². The van der Waals surface area contributed by atoms with Gasteiger partial charge in [-0.3, -0.25) is 9.69 Å². The highest BCUT2D eigenvalue weighted by Crippen LogP contribution is 2.34. The first-order valence-electron chi connectivity index (χ1n) is 6.81. The van der Waals surface area contributed by atoms with Crippen LogP contribution in [0.15, 0.2) is 28.7 Å². The average Bonchev–Trinajstić information content (AvgIpc) is 3.13. The zero-order chi connectivity index (χ0) is 13.8. The van der Waals surface area contributed by atoms with Crippen molar-refractivity contribution in [2.24, 2.45) is 5.92 Å². The summed E-state index contributed by atoms with van der Waals surface area (Å²) in [5, 5.41) is 9.11. The van der Waals surface area contributed by atoms with Crippen LogP contribution >= 0.6 is 15.9 Å². The first-order chi connectivity index (χ1) is 9.10. The third-order valence-corrected chi connectivity index (χ3v) is 4.08. The van der Waals surface area contributed by atoms with Crippen molar-refractivity contribution in [3.63, 3.8) is 0 Å². The van der Waals surface area contributed by atoms with Crippen molar-refractivity contribution in [2.75, 3.05) is 13.1 Å². The summed E-state index contributed by atoms with van der Waals surface area (Å²) in [5.41, 5.74) is 1.19. The summed E-state index contributed by atoms with van der Waals surface area (Å²) in [6, 6.07) is 8.38. The predicted octanol–water partition coefficient (Wildman–Crippen LogP) is 3.70. The molecule has 1 saturated carbocycles. The van der Waals surface area contributed by atoms with Gasteiger partial charge in [0.25, 0.3) is 0 Å². The van der Waals surface area contributed by atoms with Crippen LogP contribution in [0.25, 0.3) is 0 Å². The Morgan fingerprint density at radius 1 is 1.53 bits per heavy atom. The van der Waals surface area contributed by atoms with Crippen LogP contribution in [0.2, 0.25) is 0 Å². The molecule has 0 radical (unpaired) electrons. The van der Waals surface area contributed by atoms with Crippen LogP contribution in [0.5, 0.6) is 0 Å². The zero-order valence-electron chi connectivity index (χ0n) is 11.2. The second-order valence-electron chi connectivity index (χ2n) is 5.25. The minimum absolute atomic E-state index is 0.127. The lowest BCUT2D eigenvalue weighted by Crippen LogP contribution is -2.35. The van der Waals surface area contributed by atoms with Crippen LogP contribution < -0.4 is 0 Å². The Morgan fingerprint density at radius 2 is 2.26 bits per heavy atom. The second-order valence-corrected chi connectivity index (χ2v) is 6.16. The molecule has 1 fully saturated rings. The van der Waals surface area contributed by atoms with Crippen LogP contribution in [-0.2, 0) is 4.79 Å². The van der Waals surface area contributed by atoms with Crippen molar-refractivity contribution in [3.05, 3.63) is 34.3 Å². The van der Waals surface area contributed by atoms with E-state index in [2.05, 4.69) is 39.9 Å². The fourth-order valence-corrected chi connectivity index (χ4v) is 2.94. The Bertz CT molecular complexity index is 446. The summed E-state index contributed by atoms with van der Waals surface area (Å²) < 4.78 is 1.05. The van der Waals surface area contributed by atoms with Crippen LogP contribution in [0.4, 0.5) is 0 Å². The van der Waals surface area contributed by atoms with E-state index in [1.165, 1.54) is 18.4 Å². The molecule has 0 saturated heterocycles. The molecule has 1 N–H and O–H groups in total. The molecule has 1 aromatic carbocycles. The Hall–Kier alpha value is -0.870. The van der Waals surface area contributed by atoms with Crippen molar-refractivity contribution in [1.82, 2.24) is 4.90 Å². The van der Waals surface area contributed by atoms with Gasteiger partial charge in [-0.25, -0.2) is 0 Å². The molecule has 0 aromatic heterocycles. The molecule has 1 unspecified atom stereocenters. The van der Waals surface area contributed by atoms with E-state index < -0.39 is 5.97 Å². The van der Waals surface area contributed by atoms with E-state index in [1.807, 2.05) is 12.1 Å². The number of carboxylic acids is 1. The number of nitrogens with zero attached hydrogens (tertiary/aromatic N) is 1. The van der Waals surface area contributed by atoms with Crippen LogP contribution in [0.1, 0.15) is 37.8 Å². The Labute approximate surface area is 122 Å². The molecular formula is C15H20BrNO2. The maximum absolute atomic E-state index is 11.1. The molecule has 104 valence electrons. The van der Waals surface area contributed by atoms with Crippen molar-refractivity contribution in [1.29, 1.82) is 0 Å². The first kappa shape index (κ1) is 14.5. The molecular weight excluding hydrogens is 306 g/mol. The van der Waals surface area contributed by atoms with E-state index in [9.17, 15) is 4.79 Å². The van der Waals surface area contributed by atoms with Gasteiger partial charge in [0.1, 0.15) is 0 Å². The number of carbonyl (C=O) groups is 1. The summed E-state index contributed by atoms with van der Waals surface area (Å²) in [6.07, 6.45) is 3.41. The second kappa shape index (κ2) is 6.53. The van der Waals surface area contributed by atoms with Crippen molar-refractivity contribution in [2.45, 2.75) is 32.2 Å². The number of halogens is 1. The number of benzene rings is 1. The van der Waals surface area contributed by atoms with Crippen molar-refractivity contribution in [3.8, 4) is 0 Å². The molecule has 1 aliphatic carbocycles. The maximum Gasteiger partial charge on any atom is 0.317 e. The van der Waals surface area contributed by atoms with Crippen molar-refractivity contribution < 1.29 is 9.90 Å². The molecule has 4 heteroatoms. The lowest BCUT2D eigenvalue weighted by atomic mass is 10.0. The fourth-order valence-electron chi connectivity index (χ4n) is 2.53. The topological polar surface area (TPSA) is 40.5 Å². The highest BCUT2D eigenvalue weighted by Gasteiger charge is 2.29. The summed E-state index contributed by atoms with van der Waals surface area (Å²) in [5.74, 6) is -0.0466. The summed E-state index contributed by atoms with van der Waals surface area (Å²) in [7, 11) is 0. The number of carboxylic acid groups (broad SMARTS) is 1. The predicted molar refractivity (Wildman–Crippen MR) is 79.1 cm³/mol. The molecule has 0 spiro atoms. The molecule has 0 bridgehead atoms. The molecule has 3 nitrogen and oxygen atoms in total. The molecule has 0 aliphatic heterocycles. The van der Waals surface area contributed by atoms with Gasteiger partial charge in [0.05, 0.1) is 6.54 Å². The van der Waals surface area contributed by atoms with Crippen LogP contribution in [0, 0.1) is 5.92 Å². The van der Waals surface area contributed by atoms with Gasteiger partial charge in [-0.05, 0) is 42.9 Å². The highest BCUT2D eigenvalue weighted by atomic mass is 79.9. The fraction of sp³-hybridized carbons (Fsp3) is 0.533. The molecule has 19 heavy (non-hydrogen) atoms. The van der Waals surface area contributed by atoms with Gasteiger partial charge >= 0.3 is 5.97 Å². The van der Waals surface area contributed by atoms with Crippen LogP contribution in [0.3, 0.4) is 0 Å². The number of hydrogen-bond acceptors (Lipinski definition) is 2. The first-order valence-corrected chi connectivity index (χ1v) is 7.60. The summed E-state index contributed by atoms with van der Waals surface area (Å²) >= 11 is 3.49. The van der Waals surface area contributed by atoms with E-state index in [4.69, 9.17) is 5.11 Å². The van der Waals surface area contributed by atoms with Gasteiger partial charge in [0, 0.05) is 17.1 Å². The zero-order valence-corrected chi connectivity index (χ0v) is 12.8. The van der Waals surface area contributed by atoms with Gasteiger partial charge in [-0.15, -0.1) is 0 Å². The molecule has 0 amide bonds. The Kier molecular flexibility index (Phi) is 4.99. The average molecular weight is 326 g/mol. The maximum atomic E-state index is 11.1. The van der Waals surface area contributed by atoms with Gasteiger partial charge in [-0.1, -0.05) is 35.0 Å². The molecule has 1 aromatic rings. The Morgan fingerprint density at radius 3 is 2.79 bits per heavy atom. The normalized spacial score (nSPS) is 16.6. The largest absolute Gasteiger partial charge is 0.480 e. The van der Waals surface area contributed by atoms with Crippen molar-refractivity contribution >= 4 is 21.9 Å². The minimum atomic E-state index is -0.742. The SMILES string of the molecule is CCC(c1cccc(Br)c1)N(CC(=O)O)CC1CC1. The standard InChI is InChI=1S/C15H20BrNO2/c1-2-14(12-4-3-5-13(16)8-12)17(10-15(18)19)9-11-6-7-11/h3-5,8,11,14H,2,6-7,9-10H2,1H3,(H,18,19). The Balaban J connectivity index is 2.16. The third-order valence-electron chi connectivity index (χ3n) is 3.59. The van der Waals surface area contributed by atoms with Gasteiger partial charge in [-0.2, -0.15) is 0 Å². The summed E-state index contributed by atoms with van der Waals surface area (Å²) in [6.45, 7) is 3.14.